The van der Waals surface area contributed by atoms with Crippen LogP contribution in [0, 0.1) is 0 Å². The monoisotopic (exact) mass is 174 g/mol. The summed E-state index contributed by atoms with van der Waals surface area (Å²) >= 11 is 0. The van der Waals surface area contributed by atoms with E-state index in [2.05, 4.69) is 41.5 Å². The molecule has 0 aliphatic carbocycles. The molecule has 2 aromatic rings. The molecule has 0 amide bonds. The Balaban J connectivity index is 2.60. The van der Waals surface area contributed by atoms with Crippen molar-refractivity contribution < 1.29 is 0 Å². The van der Waals surface area contributed by atoms with E-state index in [1.54, 1.807) is 0 Å². The minimum absolute atomic E-state index is 0.402. The summed E-state index contributed by atoms with van der Waals surface area (Å²) < 4.78 is 0. The fourth-order valence-corrected chi connectivity index (χ4v) is 1.64. The van der Waals surface area contributed by atoms with Crippen LogP contribution in [-0.4, -0.2) is 12.0 Å². The second kappa shape index (κ2) is 3.23. The highest BCUT2D eigenvalue weighted by molar-refractivity contribution is 5.83. The smallest absolute Gasteiger partial charge is 0.0457 e. The lowest BCUT2D eigenvalue weighted by molar-refractivity contribution is 0.657. The van der Waals surface area contributed by atoms with Crippen LogP contribution >= 0.6 is 0 Å². The Morgan fingerprint density at radius 3 is 2.92 bits per heavy atom. The SMILES string of the molecule is CN[C@H](C)c1cccc2[nH]ccc12. The normalized spacial score (nSPS) is 13.4. The summed E-state index contributed by atoms with van der Waals surface area (Å²) in [6, 6.07) is 8.87. The molecular formula is C11H14N2. The third-order valence-electron chi connectivity index (χ3n) is 2.53. The molecule has 1 atom stereocenters. The zero-order valence-electron chi connectivity index (χ0n) is 7.96. The molecule has 0 bridgehead atoms. The maximum absolute atomic E-state index is 3.25. The number of fused-ring (bicyclic) bond motifs is 1. The summed E-state index contributed by atoms with van der Waals surface area (Å²) in [6.45, 7) is 2.17. The molecule has 0 saturated heterocycles. The van der Waals surface area contributed by atoms with E-state index in [4.69, 9.17) is 0 Å². The molecule has 2 heteroatoms. The molecule has 68 valence electrons. The summed E-state index contributed by atoms with van der Waals surface area (Å²) in [6.07, 6.45) is 1.98. The van der Waals surface area contributed by atoms with Crippen molar-refractivity contribution in [2.45, 2.75) is 13.0 Å². The van der Waals surface area contributed by atoms with E-state index < -0.39 is 0 Å². The predicted octanol–water partition coefficient (Wildman–Crippen LogP) is 2.45. The number of nitrogens with one attached hydrogen (secondary N) is 2. The Morgan fingerprint density at radius 1 is 1.31 bits per heavy atom. The maximum Gasteiger partial charge on any atom is 0.0457 e. The van der Waals surface area contributed by atoms with Crippen LogP contribution in [0.4, 0.5) is 0 Å². The van der Waals surface area contributed by atoms with Gasteiger partial charge in [0.05, 0.1) is 0 Å². The first kappa shape index (κ1) is 8.32. The van der Waals surface area contributed by atoms with Gasteiger partial charge in [-0.05, 0) is 31.7 Å². The van der Waals surface area contributed by atoms with E-state index in [0.717, 1.165) is 0 Å². The minimum atomic E-state index is 0.402. The first-order valence-corrected chi connectivity index (χ1v) is 4.56. The molecule has 0 unspecified atom stereocenters. The van der Waals surface area contributed by atoms with E-state index in [0.29, 0.717) is 6.04 Å². The first-order chi connectivity index (χ1) is 6.33. The van der Waals surface area contributed by atoms with Gasteiger partial charge in [0.2, 0.25) is 0 Å². The van der Waals surface area contributed by atoms with Crippen molar-refractivity contribution in [2.24, 2.45) is 0 Å². The molecular weight excluding hydrogens is 160 g/mol. The molecule has 0 fully saturated rings. The van der Waals surface area contributed by atoms with Crippen molar-refractivity contribution in [3.8, 4) is 0 Å². The quantitative estimate of drug-likeness (QED) is 0.719. The summed E-state index contributed by atoms with van der Waals surface area (Å²) in [5.74, 6) is 0. The zero-order valence-corrected chi connectivity index (χ0v) is 7.96. The van der Waals surface area contributed by atoms with Crippen molar-refractivity contribution in [1.29, 1.82) is 0 Å². The van der Waals surface area contributed by atoms with Gasteiger partial charge in [0.1, 0.15) is 0 Å². The van der Waals surface area contributed by atoms with Crippen LogP contribution in [0.1, 0.15) is 18.5 Å². The molecule has 1 aromatic heterocycles. The minimum Gasteiger partial charge on any atom is -0.361 e. The predicted molar refractivity (Wildman–Crippen MR) is 55.8 cm³/mol. The lowest BCUT2D eigenvalue weighted by Gasteiger charge is -2.11. The third kappa shape index (κ3) is 1.33. The standard InChI is InChI=1S/C11H14N2/c1-8(12-2)9-4-3-5-11-10(9)6-7-13-11/h3-8,12-13H,1-2H3/t8-/m1/s1. The number of hydrogen-bond donors (Lipinski definition) is 2. The maximum atomic E-state index is 3.25. The van der Waals surface area contributed by atoms with Crippen LogP contribution < -0.4 is 5.32 Å². The van der Waals surface area contributed by atoms with Crippen LogP contribution in [0.15, 0.2) is 30.5 Å². The molecule has 2 nitrogen and oxygen atoms in total. The van der Waals surface area contributed by atoms with E-state index in [1.807, 2.05) is 13.2 Å². The fourth-order valence-electron chi connectivity index (χ4n) is 1.64. The lowest BCUT2D eigenvalue weighted by atomic mass is 10.0. The van der Waals surface area contributed by atoms with Gasteiger partial charge in [-0.1, -0.05) is 12.1 Å². The number of hydrogen-bond acceptors (Lipinski definition) is 1. The number of rotatable bonds is 2. The molecule has 0 aliphatic rings. The van der Waals surface area contributed by atoms with Crippen molar-refractivity contribution in [1.82, 2.24) is 10.3 Å². The topological polar surface area (TPSA) is 27.8 Å². The highest BCUT2D eigenvalue weighted by Gasteiger charge is 2.06. The summed E-state index contributed by atoms with van der Waals surface area (Å²) in [5.41, 5.74) is 2.56. The van der Waals surface area contributed by atoms with Gasteiger partial charge in [-0.3, -0.25) is 0 Å². The molecule has 0 radical (unpaired) electrons. The van der Waals surface area contributed by atoms with Crippen LogP contribution in [0.2, 0.25) is 0 Å². The van der Waals surface area contributed by atoms with Crippen molar-refractivity contribution in [3.63, 3.8) is 0 Å². The highest BCUT2D eigenvalue weighted by atomic mass is 14.9. The lowest BCUT2D eigenvalue weighted by Crippen LogP contribution is -2.12. The van der Waals surface area contributed by atoms with E-state index >= 15 is 0 Å². The summed E-state index contributed by atoms with van der Waals surface area (Å²) in [5, 5.41) is 4.56. The largest absolute Gasteiger partial charge is 0.361 e. The van der Waals surface area contributed by atoms with Gasteiger partial charge in [-0.25, -0.2) is 0 Å². The Bertz CT molecular complexity index is 403. The van der Waals surface area contributed by atoms with Crippen molar-refractivity contribution >= 4 is 10.9 Å². The van der Waals surface area contributed by atoms with Crippen molar-refractivity contribution in [3.05, 3.63) is 36.0 Å². The fraction of sp³-hybridized carbons (Fsp3) is 0.273. The second-order valence-electron chi connectivity index (χ2n) is 3.30. The molecule has 0 saturated carbocycles. The van der Waals surface area contributed by atoms with Gasteiger partial charge in [0.25, 0.3) is 0 Å². The van der Waals surface area contributed by atoms with Gasteiger partial charge in [0.15, 0.2) is 0 Å². The number of aromatic nitrogens is 1. The van der Waals surface area contributed by atoms with Crippen molar-refractivity contribution in [2.75, 3.05) is 7.05 Å². The molecule has 2 rings (SSSR count). The van der Waals surface area contributed by atoms with E-state index in [1.165, 1.54) is 16.5 Å². The Hall–Kier alpha value is -1.28. The number of H-pyrrole nitrogens is 1. The summed E-state index contributed by atoms with van der Waals surface area (Å²) in [4.78, 5) is 3.21. The van der Waals surface area contributed by atoms with Gasteiger partial charge in [-0.15, -0.1) is 0 Å². The number of benzene rings is 1. The third-order valence-corrected chi connectivity index (χ3v) is 2.53. The van der Waals surface area contributed by atoms with Crippen LogP contribution in [0.3, 0.4) is 0 Å². The molecule has 0 spiro atoms. The average Bonchev–Trinajstić information content (AvgIpc) is 2.63. The number of aromatic amines is 1. The average molecular weight is 174 g/mol. The molecule has 0 aliphatic heterocycles. The van der Waals surface area contributed by atoms with Gasteiger partial charge in [0, 0.05) is 23.1 Å². The Kier molecular flexibility index (Phi) is 2.07. The molecule has 1 aromatic carbocycles. The van der Waals surface area contributed by atoms with Gasteiger partial charge in [-0.2, -0.15) is 0 Å². The molecule has 13 heavy (non-hydrogen) atoms. The molecule has 1 heterocycles. The van der Waals surface area contributed by atoms with Crippen LogP contribution in [0.5, 0.6) is 0 Å². The van der Waals surface area contributed by atoms with Crippen LogP contribution in [0.25, 0.3) is 10.9 Å². The van der Waals surface area contributed by atoms with Gasteiger partial charge >= 0.3 is 0 Å². The highest BCUT2D eigenvalue weighted by Crippen LogP contribution is 2.22. The van der Waals surface area contributed by atoms with E-state index in [9.17, 15) is 0 Å². The second-order valence-corrected chi connectivity index (χ2v) is 3.30. The first-order valence-electron chi connectivity index (χ1n) is 4.56. The summed E-state index contributed by atoms with van der Waals surface area (Å²) in [7, 11) is 1.98. The van der Waals surface area contributed by atoms with E-state index in [-0.39, 0.29) is 0 Å². The Labute approximate surface area is 78.0 Å². The van der Waals surface area contributed by atoms with Gasteiger partial charge < -0.3 is 10.3 Å². The van der Waals surface area contributed by atoms with Crippen LogP contribution in [-0.2, 0) is 0 Å². The zero-order chi connectivity index (χ0) is 9.26. The molecule has 2 N–H and O–H groups in total. The Morgan fingerprint density at radius 2 is 2.15 bits per heavy atom.